The molecule has 18 heavy (non-hydrogen) atoms. The number of aliphatic imine (C=N–C) groups is 1. The summed E-state index contributed by atoms with van der Waals surface area (Å²) in [6, 6.07) is 0.584. The highest BCUT2D eigenvalue weighted by Crippen LogP contribution is 2.32. The van der Waals surface area contributed by atoms with Gasteiger partial charge in [-0.3, -0.25) is 4.99 Å². The molecule has 2 rings (SSSR count). The quantitative estimate of drug-likeness (QED) is 0.852. The molecule has 0 aromatic carbocycles. The van der Waals surface area contributed by atoms with Crippen molar-refractivity contribution >= 4 is 16.9 Å². The summed E-state index contributed by atoms with van der Waals surface area (Å²) in [4.78, 5) is 4.62. The smallest absolute Gasteiger partial charge is 0.157 e. The van der Waals surface area contributed by atoms with Gasteiger partial charge in [0.15, 0.2) is 5.17 Å². The minimum absolute atomic E-state index is 0.402. The largest absolute Gasteiger partial charge is 0.378 e. The first-order valence-corrected chi connectivity index (χ1v) is 7.93. The SMILES string of the molecule is CCOC1CC(NC2=NCC(CC(C)(C)C)S2)C1. The average molecular weight is 270 g/mol. The molecule has 1 atom stereocenters. The van der Waals surface area contributed by atoms with Gasteiger partial charge in [0.1, 0.15) is 0 Å². The lowest BCUT2D eigenvalue weighted by Gasteiger charge is -2.35. The molecule has 1 saturated carbocycles. The van der Waals surface area contributed by atoms with Crippen LogP contribution in [0, 0.1) is 5.41 Å². The zero-order valence-corrected chi connectivity index (χ0v) is 12.8. The highest BCUT2D eigenvalue weighted by molar-refractivity contribution is 8.14. The Morgan fingerprint density at radius 1 is 1.39 bits per heavy atom. The fourth-order valence-electron chi connectivity index (χ4n) is 2.52. The van der Waals surface area contributed by atoms with Crippen molar-refractivity contribution in [2.24, 2.45) is 10.4 Å². The molecule has 3 nitrogen and oxygen atoms in total. The van der Waals surface area contributed by atoms with E-state index < -0.39 is 0 Å². The Morgan fingerprint density at radius 2 is 2.11 bits per heavy atom. The molecule has 0 amide bonds. The van der Waals surface area contributed by atoms with E-state index in [4.69, 9.17) is 4.74 Å². The lowest BCUT2D eigenvalue weighted by atomic mass is 9.89. The Hall–Kier alpha value is -0.220. The van der Waals surface area contributed by atoms with Crippen LogP contribution in [0.3, 0.4) is 0 Å². The molecule has 1 aliphatic heterocycles. The molecule has 0 bridgehead atoms. The summed E-state index contributed by atoms with van der Waals surface area (Å²) in [7, 11) is 0. The third-order valence-corrected chi connectivity index (χ3v) is 4.50. The van der Waals surface area contributed by atoms with Crippen molar-refractivity contribution in [2.75, 3.05) is 13.2 Å². The van der Waals surface area contributed by atoms with Gasteiger partial charge in [0.25, 0.3) is 0 Å². The number of rotatable bonds is 4. The molecular formula is C14H26N2OS. The van der Waals surface area contributed by atoms with E-state index in [0.29, 0.717) is 22.8 Å². The third kappa shape index (κ3) is 4.16. The number of amidine groups is 1. The second-order valence-corrected chi connectivity index (χ2v) is 7.83. The molecule has 1 heterocycles. The normalized spacial score (nSPS) is 32.0. The van der Waals surface area contributed by atoms with Crippen LogP contribution in [0.25, 0.3) is 0 Å². The Morgan fingerprint density at radius 3 is 2.72 bits per heavy atom. The zero-order valence-electron chi connectivity index (χ0n) is 12.0. The highest BCUT2D eigenvalue weighted by Gasteiger charge is 2.32. The number of thioether (sulfide) groups is 1. The molecule has 0 radical (unpaired) electrons. The fraction of sp³-hybridized carbons (Fsp3) is 0.929. The number of nitrogens with zero attached hydrogens (tertiary/aromatic N) is 1. The number of ether oxygens (including phenoxy) is 1. The molecule has 104 valence electrons. The number of hydrogen-bond acceptors (Lipinski definition) is 4. The van der Waals surface area contributed by atoms with Crippen LogP contribution in [-0.2, 0) is 4.74 Å². The molecule has 2 aliphatic rings. The van der Waals surface area contributed by atoms with E-state index in [1.165, 1.54) is 6.42 Å². The second kappa shape index (κ2) is 5.83. The zero-order chi connectivity index (χ0) is 13.2. The first kappa shape index (κ1) is 14.2. The van der Waals surface area contributed by atoms with E-state index in [2.05, 4.69) is 38.0 Å². The fourth-order valence-corrected chi connectivity index (χ4v) is 3.95. The van der Waals surface area contributed by atoms with E-state index in [1.54, 1.807) is 0 Å². The second-order valence-electron chi connectivity index (χ2n) is 6.54. The van der Waals surface area contributed by atoms with Gasteiger partial charge in [-0.15, -0.1) is 0 Å². The van der Waals surface area contributed by atoms with Crippen LogP contribution in [0.15, 0.2) is 4.99 Å². The van der Waals surface area contributed by atoms with Gasteiger partial charge in [0.05, 0.1) is 12.6 Å². The first-order valence-electron chi connectivity index (χ1n) is 7.05. The van der Waals surface area contributed by atoms with Crippen LogP contribution in [0.4, 0.5) is 0 Å². The van der Waals surface area contributed by atoms with E-state index in [1.807, 2.05) is 11.8 Å². The maximum absolute atomic E-state index is 5.57. The van der Waals surface area contributed by atoms with Crippen LogP contribution in [0.1, 0.15) is 47.0 Å². The number of hydrogen-bond donors (Lipinski definition) is 1. The van der Waals surface area contributed by atoms with Crippen molar-refractivity contribution in [3.8, 4) is 0 Å². The van der Waals surface area contributed by atoms with Crippen molar-refractivity contribution in [3.05, 3.63) is 0 Å². The van der Waals surface area contributed by atoms with Gasteiger partial charge in [0, 0.05) is 17.9 Å². The van der Waals surface area contributed by atoms with E-state index in [0.717, 1.165) is 31.2 Å². The summed E-state index contributed by atoms with van der Waals surface area (Å²) in [5.41, 5.74) is 0.402. The van der Waals surface area contributed by atoms with Gasteiger partial charge < -0.3 is 10.1 Å². The van der Waals surface area contributed by atoms with Crippen LogP contribution >= 0.6 is 11.8 Å². The van der Waals surface area contributed by atoms with Gasteiger partial charge in [-0.2, -0.15) is 0 Å². The Kier molecular flexibility index (Phi) is 4.59. The van der Waals surface area contributed by atoms with Crippen LogP contribution in [0.2, 0.25) is 0 Å². The molecule has 1 aliphatic carbocycles. The predicted molar refractivity (Wildman–Crippen MR) is 79.3 cm³/mol. The van der Waals surface area contributed by atoms with Gasteiger partial charge in [-0.05, 0) is 31.6 Å². The van der Waals surface area contributed by atoms with Crippen molar-refractivity contribution in [1.29, 1.82) is 0 Å². The molecule has 1 fully saturated rings. The summed E-state index contributed by atoms with van der Waals surface area (Å²) in [6.07, 6.45) is 3.98. The lowest BCUT2D eigenvalue weighted by Crippen LogP contribution is -2.46. The molecule has 1 N–H and O–H groups in total. The van der Waals surface area contributed by atoms with Crippen molar-refractivity contribution in [1.82, 2.24) is 5.32 Å². The molecule has 0 saturated heterocycles. The Labute approximate surface area is 115 Å². The van der Waals surface area contributed by atoms with E-state index in [9.17, 15) is 0 Å². The predicted octanol–water partition coefficient (Wildman–Crippen LogP) is 3.05. The summed E-state index contributed by atoms with van der Waals surface area (Å²) in [5, 5.41) is 5.37. The molecule has 0 aromatic rings. The maximum atomic E-state index is 5.57. The van der Waals surface area contributed by atoms with E-state index >= 15 is 0 Å². The first-order chi connectivity index (χ1) is 8.46. The van der Waals surface area contributed by atoms with Crippen molar-refractivity contribution in [2.45, 2.75) is 64.4 Å². The maximum Gasteiger partial charge on any atom is 0.157 e. The Balaban J connectivity index is 1.65. The molecule has 4 heteroatoms. The van der Waals surface area contributed by atoms with Crippen LogP contribution < -0.4 is 5.32 Å². The van der Waals surface area contributed by atoms with Crippen molar-refractivity contribution < 1.29 is 4.74 Å². The summed E-state index contributed by atoms with van der Waals surface area (Å²) < 4.78 is 5.57. The average Bonchev–Trinajstić information content (AvgIpc) is 2.59. The van der Waals surface area contributed by atoms with Gasteiger partial charge in [-0.1, -0.05) is 32.5 Å². The highest BCUT2D eigenvalue weighted by atomic mass is 32.2. The van der Waals surface area contributed by atoms with E-state index in [-0.39, 0.29) is 0 Å². The van der Waals surface area contributed by atoms with Crippen LogP contribution in [0.5, 0.6) is 0 Å². The molecular weight excluding hydrogens is 244 g/mol. The lowest BCUT2D eigenvalue weighted by molar-refractivity contribution is -0.00541. The van der Waals surface area contributed by atoms with Gasteiger partial charge in [0.2, 0.25) is 0 Å². The minimum atomic E-state index is 0.402. The topological polar surface area (TPSA) is 33.6 Å². The summed E-state index contributed by atoms with van der Waals surface area (Å²) >= 11 is 1.93. The van der Waals surface area contributed by atoms with Crippen molar-refractivity contribution in [3.63, 3.8) is 0 Å². The minimum Gasteiger partial charge on any atom is -0.378 e. The summed E-state index contributed by atoms with van der Waals surface area (Å²) in [6.45, 7) is 10.8. The standard InChI is InChI=1S/C14H26N2OS/c1-5-17-11-6-10(7-11)16-13-15-9-12(18-13)8-14(2,3)4/h10-12H,5-9H2,1-4H3,(H,15,16). The molecule has 1 unspecified atom stereocenters. The third-order valence-electron chi connectivity index (χ3n) is 3.38. The van der Waals surface area contributed by atoms with Crippen LogP contribution in [-0.4, -0.2) is 35.7 Å². The van der Waals surface area contributed by atoms with Gasteiger partial charge >= 0.3 is 0 Å². The molecule has 0 spiro atoms. The monoisotopic (exact) mass is 270 g/mol. The number of nitrogens with one attached hydrogen (secondary N) is 1. The summed E-state index contributed by atoms with van der Waals surface area (Å²) in [5.74, 6) is 0. The van der Waals surface area contributed by atoms with Gasteiger partial charge in [-0.25, -0.2) is 0 Å². The molecule has 0 aromatic heterocycles. The Bertz CT molecular complexity index is 305.